The number of para-hydroxylation sites is 1. The number of rotatable bonds is 6. The average molecular weight is 354 g/mol. The molecule has 1 aromatic carbocycles. The van der Waals surface area contributed by atoms with Crippen LogP contribution in [0.3, 0.4) is 0 Å². The first-order valence-corrected chi connectivity index (χ1v) is 10.0. The summed E-state index contributed by atoms with van der Waals surface area (Å²) in [5, 5.41) is 4.05. The molecule has 0 saturated heterocycles. The van der Waals surface area contributed by atoms with Crippen LogP contribution in [0.15, 0.2) is 35.1 Å². The van der Waals surface area contributed by atoms with Gasteiger partial charge in [0.1, 0.15) is 5.56 Å². The zero-order valence-corrected chi connectivity index (χ0v) is 16.0. The van der Waals surface area contributed by atoms with E-state index in [-0.39, 0.29) is 23.1 Å². The fourth-order valence-corrected chi connectivity index (χ4v) is 3.90. The summed E-state index contributed by atoms with van der Waals surface area (Å²) in [4.78, 5) is 25.8. The van der Waals surface area contributed by atoms with Crippen LogP contribution in [0.4, 0.5) is 0 Å². The topological polar surface area (TPSA) is 51.1 Å². The first kappa shape index (κ1) is 18.7. The Morgan fingerprint density at radius 2 is 1.88 bits per heavy atom. The second-order valence-electron chi connectivity index (χ2n) is 7.71. The van der Waals surface area contributed by atoms with Crippen LogP contribution in [0.5, 0.6) is 0 Å². The molecule has 26 heavy (non-hydrogen) atoms. The summed E-state index contributed by atoms with van der Waals surface area (Å²) in [6.07, 6.45) is 7.43. The van der Waals surface area contributed by atoms with Crippen LogP contribution in [0.2, 0.25) is 0 Å². The first-order chi connectivity index (χ1) is 12.6. The van der Waals surface area contributed by atoms with Crippen molar-refractivity contribution >= 4 is 16.8 Å². The van der Waals surface area contributed by atoms with Crippen LogP contribution in [-0.2, 0) is 6.54 Å². The number of nitrogens with one attached hydrogen (secondary N) is 1. The number of aryl methyl sites for hydroxylation is 1. The Balaban J connectivity index is 1.88. The summed E-state index contributed by atoms with van der Waals surface area (Å²) in [5.74, 6) is 0.518. The fourth-order valence-electron chi connectivity index (χ4n) is 3.90. The Hall–Kier alpha value is -2.10. The highest BCUT2D eigenvalue weighted by atomic mass is 16.2. The van der Waals surface area contributed by atoms with Crippen molar-refractivity contribution in [2.24, 2.45) is 5.92 Å². The largest absolute Gasteiger partial charge is 0.349 e. The minimum absolute atomic E-state index is 0.165. The summed E-state index contributed by atoms with van der Waals surface area (Å²) < 4.78 is 1.78. The normalized spacial score (nSPS) is 20.2. The molecule has 0 unspecified atom stereocenters. The van der Waals surface area contributed by atoms with Crippen LogP contribution in [0, 0.1) is 5.92 Å². The Labute approximate surface area is 155 Å². The van der Waals surface area contributed by atoms with Gasteiger partial charge in [0.2, 0.25) is 0 Å². The van der Waals surface area contributed by atoms with Crippen molar-refractivity contribution in [1.29, 1.82) is 0 Å². The van der Waals surface area contributed by atoms with Gasteiger partial charge in [-0.05, 0) is 55.5 Å². The first-order valence-electron chi connectivity index (χ1n) is 10.0. The third kappa shape index (κ3) is 4.17. The van der Waals surface area contributed by atoms with Gasteiger partial charge in [0.25, 0.3) is 11.5 Å². The number of carbonyl (C=O) groups is 1. The van der Waals surface area contributed by atoms with E-state index in [1.54, 1.807) is 10.6 Å². The second kappa shape index (κ2) is 8.52. The maximum absolute atomic E-state index is 13.0. The number of hydrogen-bond acceptors (Lipinski definition) is 2. The lowest BCUT2D eigenvalue weighted by atomic mass is 9.87. The zero-order valence-electron chi connectivity index (χ0n) is 16.0. The summed E-state index contributed by atoms with van der Waals surface area (Å²) >= 11 is 0. The van der Waals surface area contributed by atoms with E-state index < -0.39 is 0 Å². The fraction of sp³-hybridized carbons (Fsp3) is 0.545. The van der Waals surface area contributed by atoms with Gasteiger partial charge in [-0.25, -0.2) is 0 Å². The predicted molar refractivity (Wildman–Crippen MR) is 107 cm³/mol. The van der Waals surface area contributed by atoms with Gasteiger partial charge in [0.05, 0.1) is 5.52 Å². The van der Waals surface area contributed by atoms with E-state index in [0.717, 1.165) is 61.8 Å². The number of nitrogens with zero attached hydrogens (tertiary/aromatic N) is 1. The van der Waals surface area contributed by atoms with Gasteiger partial charge >= 0.3 is 0 Å². The maximum atomic E-state index is 13.0. The standard InChI is InChI=1S/C22H30N2O2/c1-3-4-7-14-24-20-9-6-5-8-17(20)15-19(22(24)26)21(25)23-18-12-10-16(2)11-13-18/h5-6,8-9,15-16,18H,3-4,7,10-14H2,1-2H3,(H,23,25). The molecule has 4 heteroatoms. The minimum atomic E-state index is -0.218. The number of carbonyl (C=O) groups excluding carboxylic acids is 1. The van der Waals surface area contributed by atoms with Crippen LogP contribution in [-0.4, -0.2) is 16.5 Å². The number of pyridine rings is 1. The molecular formula is C22H30N2O2. The molecule has 2 aromatic rings. The third-order valence-electron chi connectivity index (χ3n) is 5.58. The number of benzene rings is 1. The molecule has 1 heterocycles. The smallest absolute Gasteiger partial charge is 0.263 e. The average Bonchev–Trinajstić information content (AvgIpc) is 2.65. The highest BCUT2D eigenvalue weighted by Gasteiger charge is 2.22. The van der Waals surface area contributed by atoms with E-state index in [1.165, 1.54) is 0 Å². The minimum Gasteiger partial charge on any atom is -0.349 e. The molecule has 0 aliphatic heterocycles. The Bertz CT molecular complexity index is 816. The van der Waals surface area contributed by atoms with Crippen LogP contribution in [0.1, 0.15) is 69.2 Å². The van der Waals surface area contributed by atoms with Gasteiger partial charge in [-0.15, -0.1) is 0 Å². The third-order valence-corrected chi connectivity index (χ3v) is 5.58. The molecule has 140 valence electrons. The number of unbranched alkanes of at least 4 members (excludes halogenated alkanes) is 2. The molecule has 0 atom stereocenters. The van der Waals surface area contributed by atoms with Gasteiger partial charge in [-0.3, -0.25) is 9.59 Å². The molecule has 0 spiro atoms. The molecule has 1 aromatic heterocycles. The molecule has 1 N–H and O–H groups in total. The molecule has 1 aliphatic rings. The van der Waals surface area contributed by atoms with E-state index in [4.69, 9.17) is 0 Å². The molecule has 3 rings (SSSR count). The van der Waals surface area contributed by atoms with Gasteiger partial charge in [0.15, 0.2) is 0 Å². The van der Waals surface area contributed by atoms with E-state index in [2.05, 4.69) is 19.2 Å². The highest BCUT2D eigenvalue weighted by Crippen LogP contribution is 2.23. The van der Waals surface area contributed by atoms with Crippen LogP contribution in [0.25, 0.3) is 10.9 Å². The van der Waals surface area contributed by atoms with Crippen molar-refractivity contribution in [2.45, 2.75) is 71.4 Å². The summed E-state index contributed by atoms with van der Waals surface area (Å²) in [6, 6.07) is 9.79. The summed E-state index contributed by atoms with van der Waals surface area (Å²) in [6.45, 7) is 5.07. The van der Waals surface area contributed by atoms with E-state index >= 15 is 0 Å². The zero-order chi connectivity index (χ0) is 18.5. The van der Waals surface area contributed by atoms with Gasteiger partial charge in [-0.2, -0.15) is 0 Å². The maximum Gasteiger partial charge on any atom is 0.263 e. The lowest BCUT2D eigenvalue weighted by Gasteiger charge is -2.27. The van der Waals surface area contributed by atoms with Crippen molar-refractivity contribution in [3.63, 3.8) is 0 Å². The molecule has 0 bridgehead atoms. The Morgan fingerprint density at radius 3 is 2.62 bits per heavy atom. The molecule has 0 radical (unpaired) electrons. The van der Waals surface area contributed by atoms with E-state index in [0.29, 0.717) is 6.54 Å². The van der Waals surface area contributed by atoms with E-state index in [9.17, 15) is 9.59 Å². The molecule has 4 nitrogen and oxygen atoms in total. The SMILES string of the molecule is CCCCCn1c(=O)c(C(=O)NC2CCC(C)CC2)cc2ccccc21. The summed E-state index contributed by atoms with van der Waals surface area (Å²) in [7, 11) is 0. The van der Waals surface area contributed by atoms with Crippen molar-refractivity contribution in [3.8, 4) is 0 Å². The van der Waals surface area contributed by atoms with Gasteiger partial charge in [0, 0.05) is 12.6 Å². The number of amides is 1. The Morgan fingerprint density at radius 1 is 1.15 bits per heavy atom. The molecule has 1 amide bonds. The Kier molecular flexibility index (Phi) is 6.12. The molecular weight excluding hydrogens is 324 g/mol. The number of aromatic nitrogens is 1. The number of hydrogen-bond donors (Lipinski definition) is 1. The second-order valence-corrected chi connectivity index (χ2v) is 7.71. The van der Waals surface area contributed by atoms with Crippen LogP contribution >= 0.6 is 0 Å². The summed E-state index contributed by atoms with van der Waals surface area (Å²) in [5.41, 5.74) is 1.02. The van der Waals surface area contributed by atoms with Crippen molar-refractivity contribution in [2.75, 3.05) is 0 Å². The van der Waals surface area contributed by atoms with Crippen molar-refractivity contribution < 1.29 is 4.79 Å². The van der Waals surface area contributed by atoms with Crippen molar-refractivity contribution in [1.82, 2.24) is 9.88 Å². The molecule has 1 aliphatic carbocycles. The molecule has 1 fully saturated rings. The lowest BCUT2D eigenvalue weighted by Crippen LogP contribution is -2.40. The monoisotopic (exact) mass is 354 g/mol. The predicted octanol–water partition coefficient (Wildman–Crippen LogP) is 4.50. The number of fused-ring (bicyclic) bond motifs is 1. The van der Waals surface area contributed by atoms with Gasteiger partial charge in [-0.1, -0.05) is 44.9 Å². The van der Waals surface area contributed by atoms with E-state index in [1.807, 2.05) is 24.3 Å². The molecule has 1 saturated carbocycles. The van der Waals surface area contributed by atoms with Crippen LogP contribution < -0.4 is 10.9 Å². The lowest BCUT2D eigenvalue weighted by molar-refractivity contribution is 0.0921. The van der Waals surface area contributed by atoms with Gasteiger partial charge < -0.3 is 9.88 Å². The highest BCUT2D eigenvalue weighted by molar-refractivity contribution is 5.97. The quantitative estimate of drug-likeness (QED) is 0.777. The van der Waals surface area contributed by atoms with Crippen molar-refractivity contribution in [3.05, 3.63) is 46.2 Å².